The summed E-state index contributed by atoms with van der Waals surface area (Å²) in [4.78, 5) is 8.67. The fraction of sp³-hybridized carbons (Fsp3) is 0.857. The molecule has 0 rings (SSSR count). The van der Waals surface area contributed by atoms with E-state index < -0.39 is 6.09 Å². The van der Waals surface area contributed by atoms with Gasteiger partial charge in [-0.05, 0) is 25.9 Å². The summed E-state index contributed by atoms with van der Waals surface area (Å²) in [5.74, 6) is 0. The van der Waals surface area contributed by atoms with Gasteiger partial charge in [0.2, 0.25) is 0 Å². The van der Waals surface area contributed by atoms with Crippen molar-refractivity contribution in [2.24, 2.45) is 17.2 Å². The maximum atomic E-state index is 8.67. The third-order valence-electron chi connectivity index (χ3n) is 1.16. The number of hydrogen-bond donors (Lipinski definition) is 3. The summed E-state index contributed by atoms with van der Waals surface area (Å²) in [6.07, 6.45) is 3.21. The van der Waals surface area contributed by atoms with Gasteiger partial charge in [-0.1, -0.05) is 12.8 Å². The van der Waals surface area contributed by atoms with Gasteiger partial charge in [-0.2, -0.15) is 0 Å². The maximum absolute atomic E-state index is 8.67. The molecule has 0 atom stereocenters. The van der Waals surface area contributed by atoms with Gasteiger partial charge in [0.15, 0.2) is 0 Å². The van der Waals surface area contributed by atoms with Crippen molar-refractivity contribution in [1.29, 1.82) is 0 Å². The number of amides is 1. The van der Waals surface area contributed by atoms with E-state index in [9.17, 15) is 0 Å². The molecule has 0 aliphatic heterocycles. The third kappa shape index (κ3) is 47.0. The molecule has 0 saturated heterocycles. The van der Waals surface area contributed by atoms with Crippen LogP contribution >= 0.6 is 0 Å². The summed E-state index contributed by atoms with van der Waals surface area (Å²) in [5, 5.41) is 8.67. The first-order valence-corrected chi connectivity index (χ1v) is 4.01. The molecule has 6 heteroatoms. The maximum Gasteiger partial charge on any atom is 1.00 e. The number of carbonyl (C=O) groups is 1. The summed E-state index contributed by atoms with van der Waals surface area (Å²) in [5.41, 5.74) is 14.5. The molecule has 0 aliphatic carbocycles. The predicted octanol–water partition coefficient (Wildman–Crippen LogP) is -4.24. The monoisotopic (exact) mass is 199 g/mol. The molecule has 0 fully saturated rings. The normalized spacial score (nSPS) is 7.85. The van der Waals surface area contributed by atoms with Gasteiger partial charge in [-0.15, -0.1) is 0 Å². The van der Waals surface area contributed by atoms with Gasteiger partial charge in [0.1, 0.15) is 6.09 Å². The van der Waals surface area contributed by atoms with E-state index >= 15 is 0 Å². The van der Waals surface area contributed by atoms with Crippen LogP contribution in [0.2, 0.25) is 0 Å². The van der Waals surface area contributed by atoms with Crippen LogP contribution in [0.5, 0.6) is 0 Å². The van der Waals surface area contributed by atoms with Crippen molar-refractivity contribution in [3.8, 4) is 0 Å². The van der Waals surface area contributed by atoms with Crippen LogP contribution in [0.3, 0.4) is 0 Å². The zero-order chi connectivity index (χ0) is 9.82. The third-order valence-corrected chi connectivity index (χ3v) is 1.16. The fourth-order valence-corrected chi connectivity index (χ4v) is 0.642. The first-order valence-electron chi connectivity index (χ1n) is 4.01. The van der Waals surface area contributed by atoms with Gasteiger partial charge in [-0.3, -0.25) is 0 Å². The van der Waals surface area contributed by atoms with E-state index in [1.807, 2.05) is 0 Å². The first kappa shape index (κ1) is 18.9. The van der Waals surface area contributed by atoms with E-state index in [2.05, 4.69) is 5.73 Å². The Kier molecular flexibility index (Phi) is 26.2. The van der Waals surface area contributed by atoms with Crippen LogP contribution in [-0.2, 0) is 0 Å². The number of rotatable bonds is 5. The Bertz CT molecular complexity index is 93.7. The van der Waals surface area contributed by atoms with Gasteiger partial charge >= 0.3 is 29.6 Å². The molecule has 0 saturated carbocycles. The van der Waals surface area contributed by atoms with Crippen molar-refractivity contribution in [2.45, 2.75) is 25.7 Å². The molecule has 0 aromatic carbocycles. The molecule has 0 aromatic heterocycles. The Morgan fingerprint density at radius 1 is 1.00 bits per heavy atom. The van der Waals surface area contributed by atoms with Gasteiger partial charge in [0, 0.05) is 0 Å². The Hall–Kier alpha value is 0.190. The Morgan fingerprint density at radius 3 is 1.38 bits per heavy atom. The van der Waals surface area contributed by atoms with Crippen LogP contribution in [0.15, 0.2) is 0 Å². The van der Waals surface area contributed by atoms with Gasteiger partial charge in [-0.25, -0.2) is 0 Å². The number of carbonyl (C=O) groups excluding carboxylic acids is 1. The number of nitrogens with two attached hydrogens (primary N) is 3. The molecular weight excluding hydrogens is 181 g/mol. The van der Waals surface area contributed by atoms with E-state index in [0.717, 1.165) is 25.9 Å². The van der Waals surface area contributed by atoms with Crippen LogP contribution in [0, 0.1) is 0 Å². The van der Waals surface area contributed by atoms with E-state index in [1.165, 1.54) is 12.8 Å². The van der Waals surface area contributed by atoms with Crippen LogP contribution in [0.25, 0.3) is 0 Å². The van der Waals surface area contributed by atoms with E-state index in [4.69, 9.17) is 21.4 Å². The average Bonchev–Trinajstić information content (AvgIpc) is 1.97. The molecule has 0 unspecified atom stereocenters. The Morgan fingerprint density at radius 2 is 1.23 bits per heavy atom. The van der Waals surface area contributed by atoms with E-state index in [0.29, 0.717) is 0 Å². The standard InChI is InChI=1S/C6H16N2.CH3NO2.Na/c7-5-3-1-2-4-6-8;2-1(3)4;/h1-8H2;2H2,(H,3,4);/q;;+1/p-1. The first-order chi connectivity index (χ1) is 5.65. The molecule has 1 amide bonds. The zero-order valence-corrected chi connectivity index (χ0v) is 10.3. The molecule has 0 aromatic rings. The van der Waals surface area contributed by atoms with Crippen molar-refractivity contribution >= 4 is 6.09 Å². The second kappa shape index (κ2) is 18.1. The zero-order valence-electron chi connectivity index (χ0n) is 8.29. The molecule has 0 aliphatic rings. The van der Waals surface area contributed by atoms with Crippen molar-refractivity contribution in [2.75, 3.05) is 13.1 Å². The van der Waals surface area contributed by atoms with Gasteiger partial charge in [0.25, 0.3) is 0 Å². The molecule has 5 nitrogen and oxygen atoms in total. The van der Waals surface area contributed by atoms with Crippen LogP contribution < -0.4 is 51.9 Å². The molecule has 0 heterocycles. The topological polar surface area (TPSA) is 118 Å². The fourth-order valence-electron chi connectivity index (χ4n) is 0.642. The van der Waals surface area contributed by atoms with Gasteiger partial charge < -0.3 is 27.1 Å². The van der Waals surface area contributed by atoms with Crippen molar-refractivity contribution in [1.82, 2.24) is 0 Å². The van der Waals surface area contributed by atoms with Crippen molar-refractivity contribution in [3.05, 3.63) is 0 Å². The minimum atomic E-state index is -1.58. The van der Waals surface area contributed by atoms with Crippen molar-refractivity contribution < 1.29 is 39.5 Å². The summed E-state index contributed by atoms with van der Waals surface area (Å²) in [7, 11) is 0. The second-order valence-corrected chi connectivity index (χ2v) is 2.31. The average molecular weight is 199 g/mol. The van der Waals surface area contributed by atoms with Crippen molar-refractivity contribution in [3.63, 3.8) is 0 Å². The minimum Gasteiger partial charge on any atom is -0.530 e. The summed E-state index contributed by atoms with van der Waals surface area (Å²) in [6.45, 7) is 1.65. The number of primary amides is 1. The van der Waals surface area contributed by atoms with Crippen LogP contribution in [-0.4, -0.2) is 19.2 Å². The molecule has 0 spiro atoms. The smallest absolute Gasteiger partial charge is 0.530 e. The number of hydrogen-bond acceptors (Lipinski definition) is 4. The second-order valence-electron chi connectivity index (χ2n) is 2.31. The summed E-state index contributed by atoms with van der Waals surface area (Å²) < 4.78 is 0. The Balaban J connectivity index is -0.000000173. The molecule has 74 valence electrons. The molecular formula is C7H18N3NaO2. The molecule has 13 heavy (non-hydrogen) atoms. The minimum absolute atomic E-state index is 0. The molecule has 0 bridgehead atoms. The van der Waals surface area contributed by atoms with Gasteiger partial charge in [0.05, 0.1) is 0 Å². The van der Waals surface area contributed by atoms with Crippen LogP contribution in [0.4, 0.5) is 4.79 Å². The largest absolute Gasteiger partial charge is 1.00 e. The summed E-state index contributed by atoms with van der Waals surface area (Å²) in [6, 6.07) is 0. The van der Waals surface area contributed by atoms with E-state index in [1.54, 1.807) is 0 Å². The molecule has 6 N–H and O–H groups in total. The quantitative estimate of drug-likeness (QED) is 0.307. The molecule has 0 radical (unpaired) electrons. The van der Waals surface area contributed by atoms with Crippen LogP contribution in [0.1, 0.15) is 25.7 Å². The van der Waals surface area contributed by atoms with E-state index in [-0.39, 0.29) is 29.6 Å². The summed E-state index contributed by atoms with van der Waals surface area (Å²) >= 11 is 0. The number of carboxylic acid groups (broad SMARTS) is 1. The number of unbranched alkanes of at least 4 members (excludes halogenated alkanes) is 3. The SMILES string of the molecule is NC(=O)[O-].NCCCCCCN.[Na+]. The Labute approximate surface area is 101 Å². The predicted molar refractivity (Wildman–Crippen MR) is 46.2 cm³/mol.